The third-order valence-corrected chi connectivity index (χ3v) is 7.73. The second-order valence-electron chi connectivity index (χ2n) is 10.4. The fourth-order valence-electron chi connectivity index (χ4n) is 6.25. The topological polar surface area (TPSA) is 46.6 Å². The largest absolute Gasteiger partial charge is 0.495 e. The number of hydrogen-bond acceptors (Lipinski definition) is 3. The summed E-state index contributed by atoms with van der Waals surface area (Å²) in [6, 6.07) is 22.3. The van der Waals surface area contributed by atoms with Crippen LogP contribution in [0.15, 0.2) is 66.7 Å². The Morgan fingerprint density at radius 3 is 1.88 bits per heavy atom. The number of carbonyl (C=O) groups excluding carboxylic acids is 2. The van der Waals surface area contributed by atoms with E-state index in [-0.39, 0.29) is 29.1 Å². The predicted molar refractivity (Wildman–Crippen MR) is 128 cm³/mol. The number of methoxy groups -OCH3 is 1. The van der Waals surface area contributed by atoms with E-state index in [1.807, 2.05) is 24.3 Å². The van der Waals surface area contributed by atoms with Crippen LogP contribution < -0.4 is 9.64 Å². The van der Waals surface area contributed by atoms with E-state index in [0.717, 1.165) is 0 Å². The summed E-state index contributed by atoms with van der Waals surface area (Å²) >= 11 is 0. The number of hydrogen-bond donors (Lipinski definition) is 0. The van der Waals surface area contributed by atoms with Gasteiger partial charge in [0.15, 0.2) is 0 Å². The smallest absolute Gasteiger partial charge is 0.238 e. The Hall–Kier alpha value is -3.40. The van der Waals surface area contributed by atoms with Crippen LogP contribution in [0.1, 0.15) is 60.4 Å². The fourth-order valence-corrected chi connectivity index (χ4v) is 6.25. The molecule has 3 aromatic carbocycles. The Kier molecular flexibility index (Phi) is 4.17. The molecule has 0 N–H and O–H groups in total. The van der Waals surface area contributed by atoms with Crippen molar-refractivity contribution in [2.75, 3.05) is 12.0 Å². The molecular weight excluding hydrogens is 410 g/mol. The molecule has 4 nitrogen and oxygen atoms in total. The summed E-state index contributed by atoms with van der Waals surface area (Å²) in [5.41, 5.74) is 6.55. The van der Waals surface area contributed by atoms with E-state index in [1.165, 1.54) is 32.7 Å². The minimum Gasteiger partial charge on any atom is -0.495 e. The van der Waals surface area contributed by atoms with Crippen LogP contribution in [-0.4, -0.2) is 18.9 Å². The number of para-hydroxylation sites is 2. The van der Waals surface area contributed by atoms with Gasteiger partial charge in [-0.25, -0.2) is 4.90 Å². The SMILES string of the molecule is COc1ccccc1N1C(=O)C2C3c4ccccc4C(c4cc(C(C)(C)C)ccc43)C2C1=O. The van der Waals surface area contributed by atoms with Crippen molar-refractivity contribution in [2.24, 2.45) is 11.8 Å². The average Bonchev–Trinajstić information content (AvgIpc) is 3.08. The Morgan fingerprint density at radius 2 is 1.27 bits per heavy atom. The molecule has 7 rings (SSSR count). The first-order valence-electron chi connectivity index (χ1n) is 11.6. The van der Waals surface area contributed by atoms with Gasteiger partial charge in [0.25, 0.3) is 0 Å². The van der Waals surface area contributed by atoms with Gasteiger partial charge in [0.05, 0.1) is 24.6 Å². The third kappa shape index (κ3) is 2.64. The normalized spacial score (nSPS) is 25.0. The van der Waals surface area contributed by atoms with Gasteiger partial charge in [-0.15, -0.1) is 0 Å². The molecule has 166 valence electrons. The van der Waals surface area contributed by atoms with Gasteiger partial charge in [0.2, 0.25) is 11.8 Å². The number of ether oxygens (including phenoxy) is 1. The van der Waals surface area contributed by atoms with Gasteiger partial charge in [-0.05, 0) is 45.4 Å². The van der Waals surface area contributed by atoms with Crippen molar-refractivity contribution in [3.63, 3.8) is 0 Å². The van der Waals surface area contributed by atoms with Gasteiger partial charge in [0, 0.05) is 11.8 Å². The number of benzene rings is 3. The molecule has 2 bridgehead atoms. The molecule has 4 aliphatic rings. The van der Waals surface area contributed by atoms with Crippen molar-refractivity contribution in [1.29, 1.82) is 0 Å². The Balaban J connectivity index is 1.57. The molecule has 1 fully saturated rings. The van der Waals surface area contributed by atoms with Crippen molar-refractivity contribution in [3.05, 3.63) is 94.5 Å². The van der Waals surface area contributed by atoms with E-state index < -0.39 is 11.8 Å². The quantitative estimate of drug-likeness (QED) is 0.505. The maximum Gasteiger partial charge on any atom is 0.238 e. The zero-order valence-electron chi connectivity index (χ0n) is 19.3. The van der Waals surface area contributed by atoms with Crippen LogP contribution in [-0.2, 0) is 15.0 Å². The second-order valence-corrected chi connectivity index (χ2v) is 10.4. The molecule has 4 heteroatoms. The molecule has 4 atom stereocenters. The summed E-state index contributed by atoms with van der Waals surface area (Å²) in [6.07, 6.45) is 0. The lowest BCUT2D eigenvalue weighted by molar-refractivity contribution is -0.122. The monoisotopic (exact) mass is 437 g/mol. The molecule has 1 saturated heterocycles. The van der Waals surface area contributed by atoms with Crippen LogP contribution in [0.3, 0.4) is 0 Å². The van der Waals surface area contributed by atoms with Crippen LogP contribution in [0.4, 0.5) is 5.69 Å². The summed E-state index contributed by atoms with van der Waals surface area (Å²) in [5.74, 6) is -0.730. The van der Waals surface area contributed by atoms with E-state index in [1.54, 1.807) is 19.2 Å². The number of amides is 2. The molecule has 3 aromatic rings. The summed E-state index contributed by atoms with van der Waals surface area (Å²) in [7, 11) is 1.57. The Morgan fingerprint density at radius 1 is 0.727 bits per heavy atom. The van der Waals surface area contributed by atoms with Crippen LogP contribution >= 0.6 is 0 Å². The van der Waals surface area contributed by atoms with Crippen LogP contribution in [0.2, 0.25) is 0 Å². The highest BCUT2D eigenvalue weighted by atomic mass is 16.5. The molecule has 0 radical (unpaired) electrons. The van der Waals surface area contributed by atoms with E-state index in [4.69, 9.17) is 4.74 Å². The summed E-state index contributed by atoms with van der Waals surface area (Å²) in [5, 5.41) is 0. The number of imide groups is 1. The molecule has 0 spiro atoms. The maximum atomic E-state index is 14.0. The molecule has 3 aliphatic carbocycles. The highest BCUT2D eigenvalue weighted by Crippen LogP contribution is 2.62. The molecule has 0 saturated carbocycles. The molecule has 1 heterocycles. The van der Waals surface area contributed by atoms with Crippen LogP contribution in [0, 0.1) is 11.8 Å². The summed E-state index contributed by atoms with van der Waals surface area (Å²) in [6.45, 7) is 6.63. The van der Waals surface area contributed by atoms with Crippen molar-refractivity contribution in [3.8, 4) is 5.75 Å². The van der Waals surface area contributed by atoms with Crippen molar-refractivity contribution < 1.29 is 14.3 Å². The van der Waals surface area contributed by atoms with Crippen molar-refractivity contribution in [1.82, 2.24) is 0 Å². The van der Waals surface area contributed by atoms with Crippen LogP contribution in [0.5, 0.6) is 5.75 Å². The standard InChI is InChI=1S/C29H27NO3/c1-29(2,3)16-13-14-19-20(15-16)24-18-10-6-5-9-17(18)23(19)25-26(24)28(32)30(27(25)31)21-11-7-8-12-22(21)33-4/h5-15,23-26H,1-4H3. The highest BCUT2D eigenvalue weighted by molar-refractivity contribution is 6.24. The van der Waals surface area contributed by atoms with E-state index in [9.17, 15) is 9.59 Å². The van der Waals surface area contributed by atoms with Gasteiger partial charge in [-0.2, -0.15) is 0 Å². The first-order chi connectivity index (χ1) is 15.8. The van der Waals surface area contributed by atoms with Gasteiger partial charge in [-0.3, -0.25) is 9.59 Å². The highest BCUT2D eigenvalue weighted by Gasteiger charge is 2.62. The number of anilines is 1. The van der Waals surface area contributed by atoms with E-state index >= 15 is 0 Å². The Bertz CT molecular complexity index is 1320. The van der Waals surface area contributed by atoms with E-state index in [0.29, 0.717) is 11.4 Å². The molecule has 4 unspecified atom stereocenters. The number of rotatable bonds is 2. The zero-order valence-corrected chi connectivity index (χ0v) is 19.3. The molecule has 1 aliphatic heterocycles. The maximum absolute atomic E-state index is 14.0. The van der Waals surface area contributed by atoms with Crippen LogP contribution in [0.25, 0.3) is 0 Å². The van der Waals surface area contributed by atoms with Gasteiger partial charge in [-0.1, -0.05) is 75.4 Å². The zero-order chi connectivity index (χ0) is 23.1. The molecule has 0 aromatic heterocycles. The Labute approximate surface area is 194 Å². The lowest BCUT2D eigenvalue weighted by atomic mass is 9.54. The van der Waals surface area contributed by atoms with Gasteiger partial charge < -0.3 is 4.74 Å². The minimum atomic E-state index is -0.398. The van der Waals surface area contributed by atoms with Crippen molar-refractivity contribution >= 4 is 17.5 Å². The molecule has 33 heavy (non-hydrogen) atoms. The summed E-state index contributed by atoms with van der Waals surface area (Å²) in [4.78, 5) is 29.2. The lowest BCUT2D eigenvalue weighted by Gasteiger charge is -2.46. The number of nitrogens with zero attached hydrogens (tertiary/aromatic N) is 1. The minimum absolute atomic E-state index is 0.00356. The van der Waals surface area contributed by atoms with Gasteiger partial charge in [0.1, 0.15) is 5.75 Å². The fraction of sp³-hybridized carbons (Fsp3) is 0.310. The molecule has 2 amide bonds. The summed E-state index contributed by atoms with van der Waals surface area (Å²) < 4.78 is 5.51. The first-order valence-corrected chi connectivity index (χ1v) is 11.6. The second kappa shape index (κ2) is 6.80. The molecular formula is C29H27NO3. The first kappa shape index (κ1) is 20.2. The third-order valence-electron chi connectivity index (χ3n) is 7.73. The van der Waals surface area contributed by atoms with Crippen molar-refractivity contribution in [2.45, 2.75) is 38.0 Å². The lowest BCUT2D eigenvalue weighted by Crippen LogP contribution is -2.41. The average molecular weight is 438 g/mol. The predicted octanol–water partition coefficient (Wildman–Crippen LogP) is 5.39. The number of carbonyl (C=O) groups is 2. The van der Waals surface area contributed by atoms with Gasteiger partial charge >= 0.3 is 0 Å². The van der Waals surface area contributed by atoms with E-state index in [2.05, 4.69) is 51.1 Å².